The topological polar surface area (TPSA) is 27.7 Å². The van der Waals surface area contributed by atoms with Crippen molar-refractivity contribution in [3.8, 4) is 0 Å². The Morgan fingerprint density at radius 3 is 1.26 bits per heavy atom. The SMILES string of the molecule is CCCCCCCCCCCC[C@@H](O[Si](C)(C)C(C)(C)C)[C@H]1CC[C@H]([C@@H](CCCCCCCCCCCCI)O[Si](c2ccccc2)(c2ccccc2)C(C)(C)C)O1. The number of alkyl halides is 1. The maximum absolute atomic E-state index is 7.98. The molecular weight excluding hydrogens is 856 g/mol. The summed E-state index contributed by atoms with van der Waals surface area (Å²) in [4.78, 5) is 0. The third kappa shape index (κ3) is 17.3. The molecule has 0 spiro atoms. The molecule has 2 aromatic rings. The Kier molecular flexibility index (Phi) is 24.6. The maximum Gasteiger partial charge on any atom is 0.261 e. The summed E-state index contributed by atoms with van der Waals surface area (Å²) in [5.74, 6) is 0. The zero-order valence-electron chi connectivity index (χ0n) is 39.4. The van der Waals surface area contributed by atoms with Gasteiger partial charge in [0.2, 0.25) is 0 Å². The molecule has 0 aliphatic carbocycles. The summed E-state index contributed by atoms with van der Waals surface area (Å²) < 4.78 is 24.0. The Bertz CT molecular complexity index is 1270. The largest absolute Gasteiger partial charge is 0.411 e. The van der Waals surface area contributed by atoms with E-state index in [9.17, 15) is 0 Å². The Balaban J connectivity index is 1.80. The zero-order valence-corrected chi connectivity index (χ0v) is 43.5. The number of halogens is 1. The molecule has 0 radical (unpaired) electrons. The summed E-state index contributed by atoms with van der Waals surface area (Å²) in [6.07, 6.45) is 31.9. The van der Waals surface area contributed by atoms with Crippen molar-refractivity contribution in [1.29, 1.82) is 0 Å². The van der Waals surface area contributed by atoms with E-state index in [2.05, 4.69) is 145 Å². The number of benzene rings is 2. The molecule has 3 nitrogen and oxygen atoms in total. The molecule has 1 aliphatic heterocycles. The molecule has 332 valence electrons. The molecule has 0 unspecified atom stereocenters. The lowest BCUT2D eigenvalue weighted by molar-refractivity contribution is -0.0708. The summed E-state index contributed by atoms with van der Waals surface area (Å²) in [6.45, 7) is 21.6. The first-order valence-electron chi connectivity index (χ1n) is 24.4. The van der Waals surface area contributed by atoms with Gasteiger partial charge in [0.05, 0.1) is 24.4 Å². The van der Waals surface area contributed by atoms with Gasteiger partial charge in [0.15, 0.2) is 8.32 Å². The second-order valence-electron chi connectivity index (χ2n) is 20.5. The minimum atomic E-state index is -2.74. The van der Waals surface area contributed by atoms with E-state index in [-0.39, 0.29) is 34.5 Å². The van der Waals surface area contributed by atoms with Crippen LogP contribution in [0.25, 0.3) is 0 Å². The highest BCUT2D eigenvalue weighted by Crippen LogP contribution is 2.42. The first-order valence-corrected chi connectivity index (χ1v) is 30.8. The van der Waals surface area contributed by atoms with E-state index in [0.29, 0.717) is 0 Å². The molecule has 1 aliphatic rings. The highest BCUT2D eigenvalue weighted by Gasteiger charge is 2.53. The van der Waals surface area contributed by atoms with Gasteiger partial charge in [-0.3, -0.25) is 0 Å². The van der Waals surface area contributed by atoms with Gasteiger partial charge < -0.3 is 13.6 Å². The van der Waals surface area contributed by atoms with Crippen molar-refractivity contribution in [2.75, 3.05) is 4.43 Å². The molecule has 4 atom stereocenters. The second kappa shape index (κ2) is 27.5. The van der Waals surface area contributed by atoms with Gasteiger partial charge in [-0.15, -0.1) is 0 Å². The van der Waals surface area contributed by atoms with E-state index in [1.165, 1.54) is 143 Å². The first kappa shape index (κ1) is 51.8. The van der Waals surface area contributed by atoms with Crippen molar-refractivity contribution in [2.45, 2.75) is 250 Å². The summed E-state index contributed by atoms with van der Waals surface area (Å²) in [6, 6.07) is 22.5. The number of ether oxygens (including phenoxy) is 1. The molecule has 0 amide bonds. The van der Waals surface area contributed by atoms with Gasteiger partial charge in [-0.25, -0.2) is 0 Å². The fourth-order valence-corrected chi connectivity index (χ4v) is 15.7. The van der Waals surface area contributed by atoms with Crippen LogP contribution in [-0.4, -0.2) is 45.5 Å². The van der Waals surface area contributed by atoms with Crippen molar-refractivity contribution < 1.29 is 13.6 Å². The van der Waals surface area contributed by atoms with Gasteiger partial charge in [0.1, 0.15) is 0 Å². The second-order valence-corrected chi connectivity index (χ2v) is 30.6. The predicted octanol–water partition coefficient (Wildman–Crippen LogP) is 15.9. The van der Waals surface area contributed by atoms with Crippen molar-refractivity contribution in [3.63, 3.8) is 0 Å². The summed E-state index contributed by atoms with van der Waals surface area (Å²) >= 11 is 2.51. The van der Waals surface area contributed by atoms with Crippen LogP contribution in [0.3, 0.4) is 0 Å². The van der Waals surface area contributed by atoms with Crippen LogP contribution in [0.2, 0.25) is 23.2 Å². The summed E-state index contributed by atoms with van der Waals surface area (Å²) in [5, 5.41) is 2.84. The van der Waals surface area contributed by atoms with E-state index in [4.69, 9.17) is 13.6 Å². The summed E-state index contributed by atoms with van der Waals surface area (Å²) in [7, 11) is -4.73. The third-order valence-electron chi connectivity index (χ3n) is 13.6. The highest BCUT2D eigenvalue weighted by molar-refractivity contribution is 14.1. The van der Waals surface area contributed by atoms with Crippen LogP contribution in [0.5, 0.6) is 0 Å². The van der Waals surface area contributed by atoms with Crippen LogP contribution in [-0.2, 0) is 13.6 Å². The van der Waals surface area contributed by atoms with E-state index in [1.54, 1.807) is 0 Å². The lowest BCUT2D eigenvalue weighted by Gasteiger charge is -2.46. The minimum Gasteiger partial charge on any atom is -0.411 e. The number of rotatable bonds is 31. The van der Waals surface area contributed by atoms with E-state index in [0.717, 1.165) is 25.7 Å². The van der Waals surface area contributed by atoms with Crippen LogP contribution >= 0.6 is 22.6 Å². The van der Waals surface area contributed by atoms with Crippen LogP contribution in [0.4, 0.5) is 0 Å². The quantitative estimate of drug-likeness (QED) is 0.0326. The van der Waals surface area contributed by atoms with Crippen molar-refractivity contribution >= 4 is 49.6 Å². The van der Waals surface area contributed by atoms with Gasteiger partial charge in [-0.2, -0.15) is 0 Å². The Morgan fingerprint density at radius 1 is 0.534 bits per heavy atom. The number of hydrogen-bond acceptors (Lipinski definition) is 3. The molecule has 1 saturated heterocycles. The normalized spacial score (nSPS) is 17.8. The van der Waals surface area contributed by atoms with Gasteiger partial charge in [-0.05, 0) is 70.1 Å². The fourth-order valence-electron chi connectivity index (χ4n) is 9.04. The molecule has 0 bridgehead atoms. The molecule has 0 N–H and O–H groups in total. The van der Waals surface area contributed by atoms with Crippen LogP contribution < -0.4 is 10.4 Å². The van der Waals surface area contributed by atoms with Gasteiger partial charge in [-0.1, -0.05) is 254 Å². The first-order chi connectivity index (χ1) is 27.8. The monoisotopic (exact) mass is 947 g/mol. The van der Waals surface area contributed by atoms with Crippen molar-refractivity contribution in [3.05, 3.63) is 60.7 Å². The molecule has 58 heavy (non-hydrogen) atoms. The average Bonchev–Trinajstić information content (AvgIpc) is 3.68. The van der Waals surface area contributed by atoms with Gasteiger partial charge in [0.25, 0.3) is 8.32 Å². The third-order valence-corrected chi connectivity index (χ3v) is 24.0. The molecule has 1 fully saturated rings. The minimum absolute atomic E-state index is 0.0556. The lowest BCUT2D eigenvalue weighted by atomic mass is 10.00. The van der Waals surface area contributed by atoms with Gasteiger partial charge in [0, 0.05) is 0 Å². The van der Waals surface area contributed by atoms with Gasteiger partial charge >= 0.3 is 0 Å². The van der Waals surface area contributed by atoms with E-state index >= 15 is 0 Å². The zero-order chi connectivity index (χ0) is 42.3. The maximum atomic E-state index is 7.98. The Hall–Kier alpha value is -0.516. The molecule has 0 aromatic heterocycles. The number of hydrogen-bond donors (Lipinski definition) is 0. The van der Waals surface area contributed by atoms with Crippen molar-refractivity contribution in [2.24, 2.45) is 0 Å². The predicted molar refractivity (Wildman–Crippen MR) is 269 cm³/mol. The Labute approximate surface area is 376 Å². The van der Waals surface area contributed by atoms with Crippen LogP contribution in [0.1, 0.15) is 203 Å². The highest BCUT2D eigenvalue weighted by atomic mass is 127. The lowest BCUT2D eigenvalue weighted by Crippen LogP contribution is -2.68. The molecule has 0 saturated carbocycles. The molecule has 3 rings (SSSR count). The molecule has 2 aromatic carbocycles. The van der Waals surface area contributed by atoms with Crippen LogP contribution in [0, 0.1) is 0 Å². The Morgan fingerprint density at radius 2 is 0.897 bits per heavy atom. The fraction of sp³-hybridized carbons (Fsp3) is 0.769. The standard InChI is InChI=1S/C52H91IO3Si2/c1-10-11-12-13-14-15-18-21-24-33-40-49(55-57(8,9)51(2,3)4)47-42-43-48(54-47)50(41-34-25-22-19-16-17-20-23-26-35-44-53)56-58(52(5,6)7,45-36-29-27-30-37-45)46-38-31-28-32-39-46/h27-32,36-39,47-50H,10-26,33-35,40-44H2,1-9H3/t47-,48-,49-,50-/m1/s1. The molecule has 1 heterocycles. The number of unbranched alkanes of at least 4 members (excludes halogenated alkanes) is 18. The average molecular weight is 947 g/mol. The summed E-state index contributed by atoms with van der Waals surface area (Å²) in [5.41, 5.74) is 0. The smallest absolute Gasteiger partial charge is 0.261 e. The van der Waals surface area contributed by atoms with Crippen LogP contribution in [0.15, 0.2) is 60.7 Å². The molecular formula is C52H91IO3Si2. The van der Waals surface area contributed by atoms with E-state index in [1.807, 2.05) is 0 Å². The van der Waals surface area contributed by atoms with E-state index < -0.39 is 16.6 Å². The van der Waals surface area contributed by atoms with Crippen molar-refractivity contribution in [1.82, 2.24) is 0 Å². The molecule has 6 heteroatoms.